The van der Waals surface area contributed by atoms with Crippen LogP contribution in [0.3, 0.4) is 0 Å². The summed E-state index contributed by atoms with van der Waals surface area (Å²) in [5, 5.41) is 7.17. The maximum atomic E-state index is 11.5. The van der Waals surface area contributed by atoms with E-state index in [2.05, 4.69) is 10.6 Å². The summed E-state index contributed by atoms with van der Waals surface area (Å²) in [4.78, 5) is 35.8. The maximum absolute atomic E-state index is 11.5. The van der Waals surface area contributed by atoms with Gasteiger partial charge in [-0.3, -0.25) is 14.4 Å². The van der Waals surface area contributed by atoms with Crippen molar-refractivity contribution in [3.8, 4) is 0 Å². The molecule has 0 atom stereocenters. The van der Waals surface area contributed by atoms with Crippen LogP contribution < -0.4 is 10.6 Å². The lowest BCUT2D eigenvalue weighted by atomic mass is 10.3. The molecule has 8 heteroatoms. The van der Waals surface area contributed by atoms with E-state index in [1.807, 2.05) is 17.5 Å². The first-order valence-corrected chi connectivity index (χ1v) is 8.29. The Morgan fingerprint density at radius 3 is 2.71 bits per heavy atom. The molecule has 0 saturated heterocycles. The fourth-order valence-corrected chi connectivity index (χ4v) is 2.53. The largest absolute Gasteiger partial charge is 0.459 e. The fourth-order valence-electron chi connectivity index (χ4n) is 1.82. The summed E-state index contributed by atoms with van der Waals surface area (Å²) in [5.74, 6) is -1.13. The van der Waals surface area contributed by atoms with Gasteiger partial charge in [-0.1, -0.05) is 6.07 Å². The van der Waals surface area contributed by atoms with E-state index in [-0.39, 0.29) is 31.2 Å². The number of amides is 2. The molecule has 2 amide bonds. The minimum absolute atomic E-state index is 0.0189. The number of carbonyl (C=O) groups excluding carboxylic acids is 3. The Morgan fingerprint density at radius 2 is 2.00 bits per heavy atom. The Morgan fingerprint density at radius 1 is 1.12 bits per heavy atom. The van der Waals surface area contributed by atoms with E-state index in [1.54, 1.807) is 17.4 Å². The van der Waals surface area contributed by atoms with Crippen LogP contribution in [0.4, 0.5) is 0 Å². The third-order valence-electron chi connectivity index (χ3n) is 3.00. The summed E-state index contributed by atoms with van der Waals surface area (Å²) < 4.78 is 9.76. The lowest BCUT2D eigenvalue weighted by molar-refractivity contribution is -0.148. The molecule has 0 fully saturated rings. The van der Waals surface area contributed by atoms with Gasteiger partial charge in [-0.25, -0.2) is 0 Å². The van der Waals surface area contributed by atoms with Gasteiger partial charge >= 0.3 is 5.97 Å². The van der Waals surface area contributed by atoms with Crippen LogP contribution >= 0.6 is 11.3 Å². The molecule has 7 nitrogen and oxygen atoms in total. The quantitative estimate of drug-likeness (QED) is 0.666. The van der Waals surface area contributed by atoms with Crippen LogP contribution in [0.25, 0.3) is 0 Å². The van der Waals surface area contributed by atoms with E-state index in [0.717, 1.165) is 6.42 Å². The predicted octanol–water partition coefficient (Wildman–Crippen LogP) is 1.36. The molecule has 24 heavy (non-hydrogen) atoms. The monoisotopic (exact) mass is 350 g/mol. The molecule has 0 spiro atoms. The Bertz CT molecular complexity index is 652. The average Bonchev–Trinajstić information content (AvgIpc) is 3.26. The van der Waals surface area contributed by atoms with E-state index in [1.165, 1.54) is 17.2 Å². The Kier molecular flexibility index (Phi) is 7.03. The van der Waals surface area contributed by atoms with E-state index < -0.39 is 11.9 Å². The van der Waals surface area contributed by atoms with Crippen molar-refractivity contribution in [1.29, 1.82) is 0 Å². The summed E-state index contributed by atoms with van der Waals surface area (Å²) in [5.41, 5.74) is 0. The zero-order chi connectivity index (χ0) is 17.2. The van der Waals surface area contributed by atoms with Gasteiger partial charge < -0.3 is 19.8 Å². The number of nitrogens with one attached hydrogen (secondary N) is 2. The number of thiophene rings is 1. The Hall–Kier alpha value is -2.61. The normalized spacial score (nSPS) is 10.2. The van der Waals surface area contributed by atoms with Crippen LogP contribution in [-0.4, -0.2) is 37.5 Å². The van der Waals surface area contributed by atoms with Gasteiger partial charge in [0.1, 0.15) is 0 Å². The standard InChI is InChI=1S/C16H18N2O5S/c19-14(17-7-5-12-3-2-10-24-12)11-23-15(20)6-8-18-16(21)13-4-1-9-22-13/h1-4,9-10H,5-8,11H2,(H,17,19)(H,18,21). The van der Waals surface area contributed by atoms with Crippen molar-refractivity contribution in [2.75, 3.05) is 19.7 Å². The average molecular weight is 350 g/mol. The van der Waals surface area contributed by atoms with Crippen molar-refractivity contribution in [2.45, 2.75) is 12.8 Å². The molecule has 0 radical (unpaired) electrons. The molecule has 2 heterocycles. The van der Waals surface area contributed by atoms with Crippen molar-refractivity contribution < 1.29 is 23.5 Å². The van der Waals surface area contributed by atoms with Crippen LogP contribution in [0.1, 0.15) is 21.9 Å². The maximum Gasteiger partial charge on any atom is 0.308 e. The van der Waals surface area contributed by atoms with Crippen molar-refractivity contribution in [2.24, 2.45) is 0 Å². The van der Waals surface area contributed by atoms with E-state index in [4.69, 9.17) is 9.15 Å². The molecular weight excluding hydrogens is 332 g/mol. The molecule has 2 rings (SSSR count). The molecule has 0 aromatic carbocycles. The van der Waals surface area contributed by atoms with Gasteiger partial charge in [-0.05, 0) is 30.0 Å². The fraction of sp³-hybridized carbons (Fsp3) is 0.312. The van der Waals surface area contributed by atoms with Crippen molar-refractivity contribution in [3.63, 3.8) is 0 Å². The Labute approximate surface area is 143 Å². The van der Waals surface area contributed by atoms with Gasteiger partial charge in [0, 0.05) is 18.0 Å². The van der Waals surface area contributed by atoms with Gasteiger partial charge in [0.05, 0.1) is 12.7 Å². The van der Waals surface area contributed by atoms with Gasteiger partial charge in [-0.2, -0.15) is 0 Å². The van der Waals surface area contributed by atoms with Crippen LogP contribution in [-0.2, 0) is 20.7 Å². The predicted molar refractivity (Wildman–Crippen MR) is 87.6 cm³/mol. The summed E-state index contributed by atoms with van der Waals surface area (Å²) in [7, 11) is 0. The second-order valence-corrected chi connectivity index (χ2v) is 5.86. The number of furan rings is 1. The number of hydrogen-bond donors (Lipinski definition) is 2. The molecule has 128 valence electrons. The van der Waals surface area contributed by atoms with Crippen molar-refractivity contribution >= 4 is 29.1 Å². The third kappa shape index (κ3) is 6.25. The lowest BCUT2D eigenvalue weighted by Gasteiger charge is -2.06. The number of rotatable bonds is 9. The molecule has 2 aromatic rings. The van der Waals surface area contributed by atoms with Gasteiger partial charge in [0.25, 0.3) is 11.8 Å². The van der Waals surface area contributed by atoms with Gasteiger partial charge in [0.15, 0.2) is 12.4 Å². The first kappa shape index (κ1) is 17.7. The molecule has 2 aromatic heterocycles. The van der Waals surface area contributed by atoms with Crippen LogP contribution in [0, 0.1) is 0 Å². The molecule has 2 N–H and O–H groups in total. The lowest BCUT2D eigenvalue weighted by Crippen LogP contribution is -2.31. The van der Waals surface area contributed by atoms with Crippen molar-refractivity contribution in [3.05, 3.63) is 46.5 Å². The van der Waals surface area contributed by atoms with Gasteiger partial charge in [-0.15, -0.1) is 11.3 Å². The summed E-state index contributed by atoms with van der Waals surface area (Å²) in [6, 6.07) is 7.07. The number of carbonyl (C=O) groups is 3. The minimum atomic E-state index is -0.553. The second-order valence-electron chi connectivity index (χ2n) is 4.82. The molecule has 0 saturated carbocycles. The molecule has 0 unspecified atom stereocenters. The van der Waals surface area contributed by atoms with E-state index in [0.29, 0.717) is 6.54 Å². The first-order chi connectivity index (χ1) is 11.6. The van der Waals surface area contributed by atoms with Crippen LogP contribution in [0.5, 0.6) is 0 Å². The summed E-state index contributed by atoms with van der Waals surface area (Å²) in [6.07, 6.45) is 2.12. The molecular formula is C16H18N2O5S. The topological polar surface area (TPSA) is 97.6 Å². The SMILES string of the molecule is O=C(COC(=O)CCNC(=O)c1ccco1)NCCc1cccs1. The van der Waals surface area contributed by atoms with E-state index >= 15 is 0 Å². The number of hydrogen-bond acceptors (Lipinski definition) is 6. The zero-order valence-corrected chi connectivity index (χ0v) is 13.8. The summed E-state index contributed by atoms with van der Waals surface area (Å²) >= 11 is 1.63. The van der Waals surface area contributed by atoms with E-state index in [9.17, 15) is 14.4 Å². The van der Waals surface area contributed by atoms with Crippen LogP contribution in [0.15, 0.2) is 40.3 Å². The highest BCUT2D eigenvalue weighted by Crippen LogP contribution is 2.07. The highest BCUT2D eigenvalue weighted by Gasteiger charge is 2.10. The summed E-state index contributed by atoms with van der Waals surface area (Å²) in [6.45, 7) is 0.282. The second kappa shape index (κ2) is 9.51. The number of ether oxygens (including phenoxy) is 1. The first-order valence-electron chi connectivity index (χ1n) is 7.41. The molecule has 0 bridgehead atoms. The minimum Gasteiger partial charge on any atom is -0.459 e. The Balaban J connectivity index is 1.52. The van der Waals surface area contributed by atoms with Gasteiger partial charge in [0.2, 0.25) is 0 Å². The van der Waals surface area contributed by atoms with Crippen molar-refractivity contribution in [1.82, 2.24) is 10.6 Å². The highest BCUT2D eigenvalue weighted by atomic mass is 32.1. The van der Waals surface area contributed by atoms with Crippen LogP contribution in [0.2, 0.25) is 0 Å². The smallest absolute Gasteiger partial charge is 0.308 e. The number of esters is 1. The highest BCUT2D eigenvalue weighted by molar-refractivity contribution is 7.09. The molecule has 0 aliphatic heterocycles. The molecule has 0 aliphatic rings. The third-order valence-corrected chi connectivity index (χ3v) is 3.93. The zero-order valence-electron chi connectivity index (χ0n) is 12.9. The molecule has 0 aliphatic carbocycles.